The fourth-order valence-corrected chi connectivity index (χ4v) is 4.66. The van der Waals surface area contributed by atoms with Crippen molar-refractivity contribution in [3.05, 3.63) is 38.4 Å². The summed E-state index contributed by atoms with van der Waals surface area (Å²) in [5.41, 5.74) is 1.59. The summed E-state index contributed by atoms with van der Waals surface area (Å²) in [7, 11) is 2.14. The number of esters is 1. The second kappa shape index (κ2) is 6.82. The SMILES string of the molecule is CCOC(=O)c1c(NC(=O)c2cccs2)sc2c1CC[NH+](C)C2. The van der Waals surface area contributed by atoms with Gasteiger partial charge in [-0.05, 0) is 23.9 Å². The molecule has 5 nitrogen and oxygen atoms in total. The second-order valence-electron chi connectivity index (χ2n) is 5.49. The third-order valence-corrected chi connectivity index (χ3v) is 5.82. The molecule has 0 saturated carbocycles. The molecule has 0 aromatic carbocycles. The first-order valence-corrected chi connectivity index (χ1v) is 9.27. The molecule has 1 aliphatic heterocycles. The Balaban J connectivity index is 1.95. The van der Waals surface area contributed by atoms with Crippen molar-refractivity contribution in [3.63, 3.8) is 0 Å². The fraction of sp³-hybridized carbons (Fsp3) is 0.375. The van der Waals surface area contributed by atoms with Crippen LogP contribution in [-0.4, -0.2) is 32.1 Å². The van der Waals surface area contributed by atoms with Gasteiger partial charge in [0, 0.05) is 6.42 Å². The number of amides is 1. The van der Waals surface area contributed by atoms with Gasteiger partial charge in [-0.3, -0.25) is 4.79 Å². The molecule has 2 N–H and O–H groups in total. The normalized spacial score (nSPS) is 16.7. The van der Waals surface area contributed by atoms with Gasteiger partial charge in [-0.1, -0.05) is 6.07 Å². The smallest absolute Gasteiger partial charge is 0.341 e. The average Bonchev–Trinajstić information content (AvgIpc) is 3.14. The van der Waals surface area contributed by atoms with Gasteiger partial charge in [0.15, 0.2) is 0 Å². The van der Waals surface area contributed by atoms with E-state index in [1.165, 1.54) is 32.5 Å². The van der Waals surface area contributed by atoms with E-state index in [1.807, 2.05) is 11.4 Å². The van der Waals surface area contributed by atoms with Crippen LogP contribution in [0, 0.1) is 0 Å². The van der Waals surface area contributed by atoms with Crippen LogP contribution in [0.15, 0.2) is 17.5 Å². The number of anilines is 1. The van der Waals surface area contributed by atoms with E-state index in [2.05, 4.69) is 12.4 Å². The molecule has 2 aromatic heterocycles. The van der Waals surface area contributed by atoms with Crippen molar-refractivity contribution in [3.8, 4) is 0 Å². The zero-order valence-electron chi connectivity index (χ0n) is 13.1. The first kappa shape index (κ1) is 16.2. The van der Waals surface area contributed by atoms with E-state index in [4.69, 9.17) is 4.74 Å². The van der Waals surface area contributed by atoms with Gasteiger partial charge in [0.2, 0.25) is 0 Å². The van der Waals surface area contributed by atoms with Crippen molar-refractivity contribution in [2.75, 3.05) is 25.5 Å². The number of quaternary nitrogens is 1. The molecule has 7 heteroatoms. The molecule has 1 amide bonds. The van der Waals surface area contributed by atoms with Crippen molar-refractivity contribution in [2.24, 2.45) is 0 Å². The first-order valence-electron chi connectivity index (χ1n) is 7.58. The molecule has 0 bridgehead atoms. The van der Waals surface area contributed by atoms with Gasteiger partial charge in [0.05, 0.1) is 35.5 Å². The number of likely N-dealkylation sites (N-methyl/N-ethyl adjacent to an activating group) is 1. The number of thiophene rings is 2. The zero-order valence-corrected chi connectivity index (χ0v) is 14.7. The van der Waals surface area contributed by atoms with Crippen LogP contribution in [0.5, 0.6) is 0 Å². The third kappa shape index (κ3) is 3.31. The van der Waals surface area contributed by atoms with Crippen molar-refractivity contribution < 1.29 is 19.2 Å². The number of fused-ring (bicyclic) bond motifs is 1. The quantitative estimate of drug-likeness (QED) is 0.826. The second-order valence-corrected chi connectivity index (χ2v) is 7.55. The molecule has 2 aromatic rings. The summed E-state index contributed by atoms with van der Waals surface area (Å²) >= 11 is 2.88. The van der Waals surface area contributed by atoms with Crippen molar-refractivity contribution in [2.45, 2.75) is 19.9 Å². The van der Waals surface area contributed by atoms with Crippen LogP contribution in [0.1, 0.15) is 37.4 Å². The Kier molecular flexibility index (Phi) is 4.79. The summed E-state index contributed by atoms with van der Waals surface area (Å²) in [5.74, 6) is -0.518. The molecule has 0 spiro atoms. The summed E-state index contributed by atoms with van der Waals surface area (Å²) in [6, 6.07) is 3.61. The molecule has 23 heavy (non-hydrogen) atoms. The Bertz CT molecular complexity index is 722. The zero-order chi connectivity index (χ0) is 16.4. The monoisotopic (exact) mass is 351 g/mol. The number of hydrogen-bond donors (Lipinski definition) is 2. The Labute approximate surface area is 142 Å². The van der Waals surface area contributed by atoms with Gasteiger partial charge in [-0.25, -0.2) is 4.79 Å². The fourth-order valence-electron chi connectivity index (χ4n) is 2.70. The van der Waals surface area contributed by atoms with E-state index in [0.717, 1.165) is 25.1 Å². The number of rotatable bonds is 4. The summed E-state index contributed by atoms with van der Waals surface area (Å²) in [6.07, 6.45) is 0.834. The lowest BCUT2D eigenvalue weighted by Gasteiger charge is -2.19. The molecule has 0 fully saturated rings. The van der Waals surface area contributed by atoms with Crippen LogP contribution in [0.2, 0.25) is 0 Å². The molecule has 0 radical (unpaired) electrons. The van der Waals surface area contributed by atoms with Gasteiger partial charge in [-0.2, -0.15) is 0 Å². The van der Waals surface area contributed by atoms with Crippen LogP contribution in [-0.2, 0) is 17.7 Å². The maximum absolute atomic E-state index is 12.4. The minimum absolute atomic E-state index is 0.176. The molecule has 3 heterocycles. The van der Waals surface area contributed by atoms with Gasteiger partial charge in [0.1, 0.15) is 11.5 Å². The first-order chi connectivity index (χ1) is 11.1. The van der Waals surface area contributed by atoms with Crippen LogP contribution < -0.4 is 10.2 Å². The maximum Gasteiger partial charge on any atom is 0.341 e. The largest absolute Gasteiger partial charge is 0.462 e. The maximum atomic E-state index is 12.4. The molecular weight excluding hydrogens is 332 g/mol. The lowest BCUT2D eigenvalue weighted by Crippen LogP contribution is -3.08. The Morgan fingerprint density at radius 2 is 2.26 bits per heavy atom. The molecule has 0 aliphatic carbocycles. The molecular formula is C16H19N2O3S2+. The Hall–Kier alpha value is -1.70. The highest BCUT2D eigenvalue weighted by Crippen LogP contribution is 2.35. The summed E-state index contributed by atoms with van der Waals surface area (Å²) in [6.45, 7) is 3.97. The number of ether oxygens (including phenoxy) is 1. The minimum atomic E-state index is -0.342. The molecule has 0 saturated heterocycles. The number of carbonyl (C=O) groups is 2. The van der Waals surface area contributed by atoms with Crippen LogP contribution in [0.3, 0.4) is 0 Å². The van der Waals surface area contributed by atoms with Crippen molar-refractivity contribution >= 4 is 39.6 Å². The van der Waals surface area contributed by atoms with Crippen LogP contribution in [0.25, 0.3) is 0 Å². The predicted octanol–water partition coefficient (Wildman–Crippen LogP) is 1.81. The topological polar surface area (TPSA) is 59.8 Å². The molecule has 1 aliphatic rings. The predicted molar refractivity (Wildman–Crippen MR) is 91.7 cm³/mol. The van der Waals surface area contributed by atoms with Crippen molar-refractivity contribution in [1.29, 1.82) is 0 Å². The van der Waals surface area contributed by atoms with Gasteiger partial charge >= 0.3 is 5.97 Å². The number of carbonyl (C=O) groups excluding carboxylic acids is 2. The van der Waals surface area contributed by atoms with E-state index in [0.29, 0.717) is 22.0 Å². The highest BCUT2D eigenvalue weighted by molar-refractivity contribution is 7.17. The summed E-state index contributed by atoms with van der Waals surface area (Å²) in [5, 5.41) is 5.38. The van der Waals surface area contributed by atoms with E-state index >= 15 is 0 Å². The van der Waals surface area contributed by atoms with Crippen LogP contribution >= 0.6 is 22.7 Å². The summed E-state index contributed by atoms with van der Waals surface area (Å²) in [4.78, 5) is 27.9. The molecule has 3 rings (SSSR count). The Morgan fingerprint density at radius 3 is 2.96 bits per heavy atom. The van der Waals surface area contributed by atoms with E-state index in [9.17, 15) is 9.59 Å². The lowest BCUT2D eigenvalue weighted by atomic mass is 10.0. The van der Waals surface area contributed by atoms with Gasteiger partial charge < -0.3 is 15.0 Å². The van der Waals surface area contributed by atoms with Gasteiger partial charge in [0.25, 0.3) is 5.91 Å². The Morgan fingerprint density at radius 1 is 1.43 bits per heavy atom. The van der Waals surface area contributed by atoms with E-state index < -0.39 is 0 Å². The average molecular weight is 351 g/mol. The minimum Gasteiger partial charge on any atom is -0.462 e. The van der Waals surface area contributed by atoms with E-state index in [1.54, 1.807) is 13.0 Å². The highest BCUT2D eigenvalue weighted by Gasteiger charge is 2.30. The number of hydrogen-bond acceptors (Lipinski definition) is 5. The molecule has 1 atom stereocenters. The highest BCUT2D eigenvalue weighted by atomic mass is 32.1. The van der Waals surface area contributed by atoms with E-state index in [-0.39, 0.29) is 11.9 Å². The standard InChI is InChI=1S/C16H18N2O3S2/c1-3-21-16(20)13-10-6-7-18(2)9-12(10)23-15(13)17-14(19)11-5-4-8-22-11/h4-5,8H,3,6-7,9H2,1-2H3,(H,17,19)/p+1. The molecule has 1 unspecified atom stereocenters. The lowest BCUT2D eigenvalue weighted by molar-refractivity contribution is -0.895. The third-order valence-electron chi connectivity index (χ3n) is 3.81. The van der Waals surface area contributed by atoms with Crippen LogP contribution in [0.4, 0.5) is 5.00 Å². The van der Waals surface area contributed by atoms with Crippen molar-refractivity contribution in [1.82, 2.24) is 0 Å². The van der Waals surface area contributed by atoms with Gasteiger partial charge in [-0.15, -0.1) is 22.7 Å². The molecule has 122 valence electrons. The number of nitrogens with one attached hydrogen (secondary N) is 2. The summed E-state index contributed by atoms with van der Waals surface area (Å²) < 4.78 is 5.20.